The summed E-state index contributed by atoms with van der Waals surface area (Å²) in [4.78, 5) is 19.5. The summed E-state index contributed by atoms with van der Waals surface area (Å²) >= 11 is 1.48. The fourth-order valence-corrected chi connectivity index (χ4v) is 4.93. The third-order valence-electron chi connectivity index (χ3n) is 6.14. The number of benzene rings is 2. The van der Waals surface area contributed by atoms with E-state index in [4.69, 9.17) is 9.47 Å². The number of ether oxygens (including phenoxy) is 2. The zero-order valence-corrected chi connectivity index (χ0v) is 25.0. The predicted molar refractivity (Wildman–Crippen MR) is 144 cm³/mol. The van der Waals surface area contributed by atoms with Gasteiger partial charge in [-0.2, -0.15) is 0 Å². The fourth-order valence-electron chi connectivity index (χ4n) is 4.21. The molecule has 0 radical (unpaired) electrons. The van der Waals surface area contributed by atoms with Gasteiger partial charge in [0.05, 0.1) is 17.9 Å². The topological polar surface area (TPSA) is 84.4 Å². The van der Waals surface area contributed by atoms with Crippen LogP contribution in [0.2, 0.25) is 0 Å². The Balaban J connectivity index is 0.00000400. The molecule has 0 aliphatic carbocycles. The number of carboxylic acid groups (broad SMARTS) is 1. The zero-order valence-electron chi connectivity index (χ0n) is 22.2. The first kappa shape index (κ1) is 29.8. The van der Waals surface area contributed by atoms with Gasteiger partial charge >= 0.3 is 29.6 Å². The molecule has 2 aromatic carbocycles. The molecule has 0 aliphatic rings. The molecule has 0 spiro atoms. The molecule has 0 aliphatic heterocycles. The zero-order chi connectivity index (χ0) is 26.0. The molecule has 0 unspecified atom stereocenters. The van der Waals surface area contributed by atoms with Crippen LogP contribution in [0, 0.1) is 0 Å². The second-order valence-electron chi connectivity index (χ2n) is 8.94. The van der Waals surface area contributed by atoms with Crippen molar-refractivity contribution in [3.05, 3.63) is 94.1 Å². The van der Waals surface area contributed by atoms with Gasteiger partial charge in [-0.3, -0.25) is 4.98 Å². The van der Waals surface area contributed by atoms with E-state index in [0.29, 0.717) is 18.3 Å². The quantitative estimate of drug-likeness (QED) is 0.243. The molecular formula is C30H31N2NaO4S. The van der Waals surface area contributed by atoms with Crippen LogP contribution in [0.3, 0.4) is 0 Å². The molecule has 4 rings (SSSR count). The molecule has 2 aromatic heterocycles. The van der Waals surface area contributed by atoms with E-state index in [0.717, 1.165) is 27.6 Å². The van der Waals surface area contributed by atoms with Gasteiger partial charge in [-0.15, -0.1) is 11.3 Å². The van der Waals surface area contributed by atoms with E-state index in [1.807, 2.05) is 17.5 Å². The number of carboxylic acids is 1. The van der Waals surface area contributed by atoms with Crippen LogP contribution in [-0.2, 0) is 13.2 Å². The van der Waals surface area contributed by atoms with Crippen LogP contribution in [0.1, 0.15) is 71.9 Å². The average Bonchev–Trinajstić information content (AvgIpc) is 3.40. The Hall–Kier alpha value is -2.71. The molecule has 8 heteroatoms. The van der Waals surface area contributed by atoms with Gasteiger partial charge in [-0.05, 0) is 48.1 Å². The molecule has 6 nitrogen and oxygen atoms in total. The van der Waals surface area contributed by atoms with Crippen molar-refractivity contribution in [2.24, 2.45) is 0 Å². The fraction of sp³-hybridized carbons (Fsp3) is 0.300. The first-order chi connectivity index (χ1) is 18.1. The molecule has 2 heterocycles. The monoisotopic (exact) mass is 538 g/mol. The van der Waals surface area contributed by atoms with Crippen LogP contribution in [0.25, 0.3) is 11.3 Å². The Morgan fingerprint density at radius 1 is 0.921 bits per heavy atom. The minimum absolute atomic E-state index is 0. The van der Waals surface area contributed by atoms with Crippen molar-refractivity contribution in [2.45, 2.75) is 58.7 Å². The predicted octanol–water partition coefficient (Wildman–Crippen LogP) is 3.41. The van der Waals surface area contributed by atoms with Gasteiger partial charge in [-0.1, -0.05) is 63.1 Å². The van der Waals surface area contributed by atoms with Crippen LogP contribution in [0.5, 0.6) is 11.5 Å². The SMILES string of the molecule is CCCC(CCC)c1ccc(OCc2ccc(-c3csc(COc4cncc(C(=O)[O-])c4)n3)cc2)cc1.[Na+]. The Morgan fingerprint density at radius 2 is 1.61 bits per heavy atom. The number of carbonyl (C=O) groups excluding carboxylic acids is 1. The van der Waals surface area contributed by atoms with Crippen LogP contribution in [-0.4, -0.2) is 15.9 Å². The third kappa shape index (κ3) is 8.40. The van der Waals surface area contributed by atoms with Crippen molar-refractivity contribution >= 4 is 17.3 Å². The van der Waals surface area contributed by atoms with Gasteiger partial charge in [0.25, 0.3) is 0 Å². The van der Waals surface area contributed by atoms with Crippen molar-refractivity contribution in [1.29, 1.82) is 0 Å². The Labute approximate surface area is 250 Å². The van der Waals surface area contributed by atoms with E-state index in [9.17, 15) is 9.90 Å². The van der Waals surface area contributed by atoms with Crippen molar-refractivity contribution in [2.75, 3.05) is 0 Å². The van der Waals surface area contributed by atoms with Crippen molar-refractivity contribution in [3.8, 4) is 22.8 Å². The van der Waals surface area contributed by atoms with Gasteiger partial charge in [-0.25, -0.2) is 4.98 Å². The molecule has 38 heavy (non-hydrogen) atoms. The number of carbonyl (C=O) groups is 1. The Kier molecular flexibility index (Phi) is 11.8. The molecule has 0 fully saturated rings. The molecule has 0 saturated heterocycles. The molecule has 0 saturated carbocycles. The second kappa shape index (κ2) is 15.0. The van der Waals surface area contributed by atoms with Gasteiger partial charge in [0, 0.05) is 22.7 Å². The van der Waals surface area contributed by atoms with Crippen LogP contribution in [0.15, 0.2) is 72.4 Å². The number of aromatic nitrogens is 2. The van der Waals surface area contributed by atoms with Crippen molar-refractivity contribution in [3.63, 3.8) is 0 Å². The van der Waals surface area contributed by atoms with E-state index in [1.165, 1.54) is 61.0 Å². The molecule has 0 bridgehead atoms. The van der Waals surface area contributed by atoms with E-state index in [1.54, 1.807) is 0 Å². The van der Waals surface area contributed by atoms with Crippen LogP contribution < -0.4 is 44.1 Å². The summed E-state index contributed by atoms with van der Waals surface area (Å²) in [5, 5.41) is 13.7. The van der Waals surface area contributed by atoms with Gasteiger partial charge in [0.1, 0.15) is 29.7 Å². The molecular weight excluding hydrogens is 507 g/mol. The second-order valence-corrected chi connectivity index (χ2v) is 9.88. The molecule has 192 valence electrons. The Bertz CT molecular complexity index is 1290. The largest absolute Gasteiger partial charge is 1.00 e. The molecule has 0 amide bonds. The van der Waals surface area contributed by atoms with Gasteiger partial charge in [0.15, 0.2) is 0 Å². The maximum absolute atomic E-state index is 11.0. The summed E-state index contributed by atoms with van der Waals surface area (Å²) in [7, 11) is 0. The maximum atomic E-state index is 11.0. The first-order valence-electron chi connectivity index (χ1n) is 12.6. The van der Waals surface area contributed by atoms with Gasteiger partial charge in [0.2, 0.25) is 0 Å². The summed E-state index contributed by atoms with van der Waals surface area (Å²) in [6.45, 7) is 5.22. The molecule has 0 N–H and O–H groups in total. The standard InChI is InChI=1S/C30H32N2O4S.Na/c1-3-5-22(6-4-2)23-11-13-26(14-12-23)35-18-21-7-9-24(10-8-21)28-20-37-29(32-28)19-36-27-15-25(30(33)34)16-31-17-27;/h7-17,20,22H,3-6,18-19H2,1-2H3,(H,33,34);/q;+1/p-1. The normalized spacial score (nSPS) is 10.7. The number of hydrogen-bond donors (Lipinski definition) is 0. The first-order valence-corrected chi connectivity index (χ1v) is 13.5. The van der Waals surface area contributed by atoms with Crippen molar-refractivity contribution in [1.82, 2.24) is 9.97 Å². The number of aromatic carboxylic acids is 1. The van der Waals surface area contributed by atoms with E-state index >= 15 is 0 Å². The summed E-state index contributed by atoms with van der Waals surface area (Å²) in [6.07, 6.45) is 7.55. The Morgan fingerprint density at radius 3 is 2.26 bits per heavy atom. The maximum Gasteiger partial charge on any atom is 1.00 e. The van der Waals surface area contributed by atoms with Crippen LogP contribution in [0.4, 0.5) is 0 Å². The van der Waals surface area contributed by atoms with Crippen LogP contribution >= 0.6 is 11.3 Å². The molecule has 4 aromatic rings. The van der Waals surface area contributed by atoms with Gasteiger partial charge < -0.3 is 19.4 Å². The number of thiazole rings is 1. The van der Waals surface area contributed by atoms with E-state index in [-0.39, 0.29) is 41.7 Å². The third-order valence-corrected chi connectivity index (χ3v) is 6.97. The smallest absolute Gasteiger partial charge is 0.545 e. The number of pyridine rings is 1. The number of rotatable bonds is 13. The number of hydrogen-bond acceptors (Lipinski definition) is 7. The van der Waals surface area contributed by atoms with Crippen molar-refractivity contribution < 1.29 is 48.9 Å². The summed E-state index contributed by atoms with van der Waals surface area (Å²) < 4.78 is 11.7. The van der Waals surface area contributed by atoms with E-state index < -0.39 is 5.97 Å². The summed E-state index contributed by atoms with van der Waals surface area (Å²) in [5.74, 6) is 0.583. The summed E-state index contributed by atoms with van der Waals surface area (Å²) in [5.41, 5.74) is 4.33. The summed E-state index contributed by atoms with van der Waals surface area (Å²) in [6, 6.07) is 18.1. The molecule has 0 atom stereocenters. The minimum atomic E-state index is -1.29. The van der Waals surface area contributed by atoms with E-state index in [2.05, 4.69) is 60.2 Å². The minimum Gasteiger partial charge on any atom is -0.545 e. The number of nitrogens with zero attached hydrogens (tertiary/aromatic N) is 2. The average molecular weight is 539 g/mol.